The summed E-state index contributed by atoms with van der Waals surface area (Å²) in [6.45, 7) is 2.02. The highest BCUT2D eigenvalue weighted by Crippen LogP contribution is 2.44. The normalized spacial score (nSPS) is 18.1. The molecule has 29 heavy (non-hydrogen) atoms. The van der Waals surface area contributed by atoms with E-state index in [1.165, 1.54) is 0 Å². The third-order valence-electron chi connectivity index (χ3n) is 5.50. The molecule has 152 valence electrons. The van der Waals surface area contributed by atoms with Gasteiger partial charge in [0, 0.05) is 36.0 Å². The average Bonchev–Trinajstić information content (AvgIpc) is 3.15. The summed E-state index contributed by atoms with van der Waals surface area (Å²) in [5, 5.41) is 0.565. The van der Waals surface area contributed by atoms with Crippen molar-refractivity contribution < 1.29 is 14.3 Å². The molecule has 5 nitrogen and oxygen atoms in total. The van der Waals surface area contributed by atoms with Gasteiger partial charge in [-0.05, 0) is 43.2 Å². The summed E-state index contributed by atoms with van der Waals surface area (Å²) in [6, 6.07) is 16.5. The third-order valence-corrected chi connectivity index (χ3v) is 7.28. The van der Waals surface area contributed by atoms with Crippen LogP contribution in [-0.4, -0.2) is 58.5 Å². The number of halogens is 1. The number of ether oxygens (including phenoxy) is 1. The second-order valence-electron chi connectivity index (χ2n) is 7.24. The number of carbonyl (C=O) groups is 2. The lowest BCUT2D eigenvalue weighted by atomic mass is 10.0. The van der Waals surface area contributed by atoms with Gasteiger partial charge in [0.25, 0.3) is 11.8 Å². The van der Waals surface area contributed by atoms with E-state index in [1.54, 1.807) is 18.2 Å². The first kappa shape index (κ1) is 20.1. The molecule has 0 aliphatic carbocycles. The van der Waals surface area contributed by atoms with Crippen LogP contribution in [0.3, 0.4) is 0 Å². The van der Waals surface area contributed by atoms with Crippen LogP contribution >= 0.6 is 23.4 Å². The number of thioether (sulfide) groups is 1. The largest absolute Gasteiger partial charge is 0.484 e. The van der Waals surface area contributed by atoms with Crippen molar-refractivity contribution in [1.82, 2.24) is 9.80 Å². The maximum Gasteiger partial charge on any atom is 0.260 e. The Morgan fingerprint density at radius 1 is 1.03 bits per heavy atom. The van der Waals surface area contributed by atoms with Crippen LogP contribution in [0.5, 0.6) is 5.75 Å². The van der Waals surface area contributed by atoms with E-state index in [4.69, 9.17) is 16.3 Å². The van der Waals surface area contributed by atoms with Gasteiger partial charge in [-0.15, -0.1) is 11.8 Å². The lowest BCUT2D eigenvalue weighted by Gasteiger charge is -2.44. The van der Waals surface area contributed by atoms with Gasteiger partial charge < -0.3 is 14.5 Å². The lowest BCUT2D eigenvalue weighted by Crippen LogP contribution is -2.54. The standard InChI is InChI=1S/C22H23ClN2O3S/c23-18-6-4-5-17(15-18)21(27)25-13-14-29-22(25)9-11-24(12-10-22)20(26)16-28-19-7-2-1-3-8-19/h1-8,15H,9-14,16H2. The van der Waals surface area contributed by atoms with E-state index in [2.05, 4.69) is 0 Å². The molecule has 0 aromatic heterocycles. The number of para-hydroxylation sites is 1. The number of nitrogens with zero attached hydrogens (tertiary/aromatic N) is 2. The molecule has 2 saturated heterocycles. The Labute approximate surface area is 180 Å². The third kappa shape index (κ3) is 4.38. The van der Waals surface area contributed by atoms with Crippen LogP contribution in [0, 0.1) is 0 Å². The zero-order chi connectivity index (χ0) is 20.3. The summed E-state index contributed by atoms with van der Waals surface area (Å²) < 4.78 is 5.59. The predicted octanol–water partition coefficient (Wildman–Crippen LogP) is 3.93. The Bertz CT molecular complexity index is 885. The zero-order valence-electron chi connectivity index (χ0n) is 16.1. The highest BCUT2D eigenvalue weighted by molar-refractivity contribution is 8.00. The van der Waals surface area contributed by atoms with Gasteiger partial charge in [0.05, 0.1) is 4.87 Å². The first-order valence-electron chi connectivity index (χ1n) is 9.75. The molecule has 2 amide bonds. The maximum atomic E-state index is 13.1. The molecule has 2 heterocycles. The number of piperidine rings is 1. The van der Waals surface area contributed by atoms with E-state index >= 15 is 0 Å². The molecule has 2 aromatic carbocycles. The van der Waals surface area contributed by atoms with Gasteiger partial charge in [0.2, 0.25) is 0 Å². The first-order valence-corrected chi connectivity index (χ1v) is 11.1. The zero-order valence-corrected chi connectivity index (χ0v) is 17.6. The van der Waals surface area contributed by atoms with Crippen LogP contribution in [0.15, 0.2) is 54.6 Å². The molecule has 7 heteroatoms. The van der Waals surface area contributed by atoms with Crippen molar-refractivity contribution >= 4 is 35.2 Å². The van der Waals surface area contributed by atoms with Gasteiger partial charge in [0.1, 0.15) is 5.75 Å². The highest BCUT2D eigenvalue weighted by Gasteiger charge is 2.47. The van der Waals surface area contributed by atoms with Crippen LogP contribution in [0.1, 0.15) is 23.2 Å². The Morgan fingerprint density at radius 2 is 1.79 bits per heavy atom. The molecule has 0 atom stereocenters. The van der Waals surface area contributed by atoms with Crippen molar-refractivity contribution in [1.29, 1.82) is 0 Å². The van der Waals surface area contributed by atoms with Crippen LogP contribution in [0.2, 0.25) is 5.02 Å². The van der Waals surface area contributed by atoms with Crippen molar-refractivity contribution in [2.24, 2.45) is 0 Å². The second kappa shape index (κ2) is 8.67. The SMILES string of the molecule is O=C(COc1ccccc1)N1CCC2(CC1)SCCN2C(=O)c1cccc(Cl)c1. The van der Waals surface area contributed by atoms with E-state index in [1.807, 2.05) is 58.0 Å². The number of carbonyl (C=O) groups excluding carboxylic acids is 2. The highest BCUT2D eigenvalue weighted by atomic mass is 35.5. The molecular weight excluding hydrogens is 408 g/mol. The summed E-state index contributed by atoms with van der Waals surface area (Å²) in [5.74, 6) is 1.61. The monoisotopic (exact) mass is 430 g/mol. The molecule has 1 spiro atoms. The molecular formula is C22H23ClN2O3S. The maximum absolute atomic E-state index is 13.1. The van der Waals surface area contributed by atoms with E-state index in [0.29, 0.717) is 29.4 Å². The fourth-order valence-electron chi connectivity index (χ4n) is 3.95. The van der Waals surface area contributed by atoms with Crippen LogP contribution in [0.25, 0.3) is 0 Å². The van der Waals surface area contributed by atoms with Crippen molar-refractivity contribution in [2.45, 2.75) is 17.7 Å². The predicted molar refractivity (Wildman–Crippen MR) is 115 cm³/mol. The number of benzene rings is 2. The molecule has 2 aromatic rings. The van der Waals surface area contributed by atoms with Crippen molar-refractivity contribution in [3.63, 3.8) is 0 Å². The smallest absolute Gasteiger partial charge is 0.260 e. The second-order valence-corrected chi connectivity index (χ2v) is 9.14. The number of likely N-dealkylation sites (tertiary alicyclic amines) is 1. The van der Waals surface area contributed by atoms with Gasteiger partial charge in [-0.3, -0.25) is 9.59 Å². The fourth-order valence-corrected chi connectivity index (χ4v) is 5.59. The van der Waals surface area contributed by atoms with E-state index < -0.39 is 0 Å². The number of rotatable bonds is 4. The summed E-state index contributed by atoms with van der Waals surface area (Å²) in [6.07, 6.45) is 1.53. The van der Waals surface area contributed by atoms with Crippen molar-refractivity contribution in [3.8, 4) is 5.75 Å². The average molecular weight is 431 g/mol. The Balaban J connectivity index is 1.37. The van der Waals surface area contributed by atoms with E-state index in [0.717, 1.165) is 25.1 Å². The molecule has 2 aliphatic rings. The van der Waals surface area contributed by atoms with Gasteiger partial charge >= 0.3 is 0 Å². The fraction of sp³-hybridized carbons (Fsp3) is 0.364. The Kier molecular flexibility index (Phi) is 6.01. The summed E-state index contributed by atoms with van der Waals surface area (Å²) in [7, 11) is 0. The molecule has 2 aliphatic heterocycles. The summed E-state index contributed by atoms with van der Waals surface area (Å²) in [5.41, 5.74) is 0.620. The summed E-state index contributed by atoms with van der Waals surface area (Å²) in [4.78, 5) is 29.2. The number of hydrogen-bond donors (Lipinski definition) is 0. The Hall–Kier alpha value is -2.18. The minimum Gasteiger partial charge on any atom is -0.484 e. The summed E-state index contributed by atoms with van der Waals surface area (Å²) >= 11 is 7.90. The lowest BCUT2D eigenvalue weighted by molar-refractivity contribution is -0.135. The molecule has 0 bridgehead atoms. The molecule has 0 saturated carbocycles. The minimum absolute atomic E-state index is 0.0144. The number of hydrogen-bond acceptors (Lipinski definition) is 4. The van der Waals surface area contributed by atoms with Crippen molar-refractivity contribution in [2.75, 3.05) is 32.0 Å². The molecule has 0 unspecified atom stereocenters. The van der Waals surface area contributed by atoms with Gasteiger partial charge in [0.15, 0.2) is 6.61 Å². The van der Waals surface area contributed by atoms with Crippen molar-refractivity contribution in [3.05, 3.63) is 65.2 Å². The van der Waals surface area contributed by atoms with Crippen LogP contribution in [-0.2, 0) is 4.79 Å². The molecule has 0 radical (unpaired) electrons. The van der Waals surface area contributed by atoms with E-state index in [9.17, 15) is 9.59 Å². The minimum atomic E-state index is -0.240. The van der Waals surface area contributed by atoms with E-state index in [-0.39, 0.29) is 23.3 Å². The molecule has 0 N–H and O–H groups in total. The topological polar surface area (TPSA) is 49.9 Å². The Morgan fingerprint density at radius 3 is 2.52 bits per heavy atom. The van der Waals surface area contributed by atoms with Gasteiger partial charge in [-0.25, -0.2) is 0 Å². The quantitative estimate of drug-likeness (QED) is 0.737. The van der Waals surface area contributed by atoms with Crippen LogP contribution in [0.4, 0.5) is 0 Å². The van der Waals surface area contributed by atoms with Gasteiger partial charge in [-0.1, -0.05) is 35.9 Å². The van der Waals surface area contributed by atoms with Gasteiger partial charge in [-0.2, -0.15) is 0 Å². The molecule has 2 fully saturated rings. The molecule has 4 rings (SSSR count). The van der Waals surface area contributed by atoms with Crippen LogP contribution < -0.4 is 4.74 Å². The first-order chi connectivity index (χ1) is 14.1. The number of amides is 2.